The summed E-state index contributed by atoms with van der Waals surface area (Å²) in [5.74, 6) is 0.952. The number of hydrogen-bond acceptors (Lipinski definition) is 7. The van der Waals surface area contributed by atoms with Crippen LogP contribution in [0.2, 0.25) is 0 Å². The molecule has 2 atom stereocenters. The second kappa shape index (κ2) is 7.74. The summed E-state index contributed by atoms with van der Waals surface area (Å²) >= 11 is 0. The van der Waals surface area contributed by atoms with E-state index in [1.165, 1.54) is 6.42 Å². The third-order valence-electron chi connectivity index (χ3n) is 6.88. The third kappa shape index (κ3) is 3.66. The molecule has 0 amide bonds. The first-order valence-corrected chi connectivity index (χ1v) is 11.2. The van der Waals surface area contributed by atoms with Crippen LogP contribution in [0.3, 0.4) is 0 Å². The number of pyridine rings is 3. The molecule has 0 radical (unpaired) electrons. The highest BCUT2D eigenvalue weighted by Gasteiger charge is 2.41. The zero-order chi connectivity index (χ0) is 22.5. The molecule has 166 valence electrons. The van der Waals surface area contributed by atoms with Crippen LogP contribution in [0.25, 0.3) is 22.0 Å². The van der Waals surface area contributed by atoms with E-state index in [-0.39, 0.29) is 12.2 Å². The second-order valence-electron chi connectivity index (χ2n) is 9.13. The van der Waals surface area contributed by atoms with Gasteiger partial charge in [0.15, 0.2) is 5.78 Å². The van der Waals surface area contributed by atoms with Gasteiger partial charge in [0.1, 0.15) is 5.82 Å². The normalized spacial score (nSPS) is 20.1. The zero-order valence-corrected chi connectivity index (χ0v) is 18.7. The summed E-state index contributed by atoms with van der Waals surface area (Å²) < 4.78 is 1.76. The Hall–Kier alpha value is -3.65. The van der Waals surface area contributed by atoms with E-state index in [9.17, 15) is 4.79 Å². The van der Waals surface area contributed by atoms with Crippen molar-refractivity contribution in [1.82, 2.24) is 29.6 Å². The number of likely N-dealkylation sites (N-methyl/N-ethyl adjacent to an activating group) is 1. The minimum Gasteiger partial charge on any atom is -0.351 e. The lowest BCUT2D eigenvalue weighted by Gasteiger charge is -2.32. The topological polar surface area (TPSA) is 80.0 Å². The van der Waals surface area contributed by atoms with Crippen molar-refractivity contribution in [2.24, 2.45) is 7.05 Å². The molecule has 6 heterocycles. The maximum atomic E-state index is 13.1. The monoisotopic (exact) mass is 439 g/mol. The Kier molecular flexibility index (Phi) is 4.69. The SMILES string of the molecule is CN1CC2CC1CN2c1cc(C(=O)Cc2cc3cc(-c4cnn(C)c4)ncc3cn2)ccn1. The van der Waals surface area contributed by atoms with Gasteiger partial charge in [-0.05, 0) is 43.1 Å². The van der Waals surface area contributed by atoms with Crippen LogP contribution in [0, 0.1) is 0 Å². The van der Waals surface area contributed by atoms with Crippen molar-refractivity contribution in [1.29, 1.82) is 0 Å². The van der Waals surface area contributed by atoms with Crippen molar-refractivity contribution >= 4 is 22.4 Å². The maximum absolute atomic E-state index is 13.1. The molecule has 2 saturated heterocycles. The van der Waals surface area contributed by atoms with E-state index in [2.05, 4.69) is 36.9 Å². The zero-order valence-electron chi connectivity index (χ0n) is 18.7. The van der Waals surface area contributed by atoms with E-state index in [0.29, 0.717) is 17.6 Å². The number of aromatic nitrogens is 5. The number of fused-ring (bicyclic) bond motifs is 3. The smallest absolute Gasteiger partial charge is 0.169 e. The number of piperazine rings is 1. The van der Waals surface area contributed by atoms with E-state index in [0.717, 1.165) is 46.6 Å². The van der Waals surface area contributed by atoms with Gasteiger partial charge < -0.3 is 4.90 Å². The quantitative estimate of drug-likeness (QED) is 0.442. The number of likely N-dealkylation sites (tertiary alicyclic amines) is 1. The van der Waals surface area contributed by atoms with Crippen LogP contribution in [0.15, 0.2) is 55.2 Å². The average Bonchev–Trinajstić information content (AvgIpc) is 3.54. The third-order valence-corrected chi connectivity index (χ3v) is 6.88. The van der Waals surface area contributed by atoms with E-state index in [1.807, 2.05) is 37.6 Å². The van der Waals surface area contributed by atoms with Crippen LogP contribution in [0.4, 0.5) is 5.82 Å². The Bertz CT molecular complexity index is 1360. The van der Waals surface area contributed by atoms with Gasteiger partial charge in [-0.3, -0.25) is 24.3 Å². The van der Waals surface area contributed by atoms with Crippen LogP contribution in [-0.4, -0.2) is 67.6 Å². The molecule has 0 spiro atoms. The Labute approximate surface area is 191 Å². The first kappa shape index (κ1) is 20.0. The van der Waals surface area contributed by atoms with Gasteiger partial charge in [-0.2, -0.15) is 5.10 Å². The number of aryl methyl sites for hydroxylation is 1. The fraction of sp³-hybridized carbons (Fsp3) is 0.320. The first-order valence-electron chi connectivity index (χ1n) is 11.2. The highest BCUT2D eigenvalue weighted by Crippen LogP contribution is 2.33. The number of carbonyl (C=O) groups excluding carboxylic acids is 1. The molecule has 8 nitrogen and oxygen atoms in total. The van der Waals surface area contributed by atoms with Crippen LogP contribution < -0.4 is 4.90 Å². The number of nitrogens with zero attached hydrogens (tertiary/aromatic N) is 7. The van der Waals surface area contributed by atoms with Crippen molar-refractivity contribution < 1.29 is 4.79 Å². The predicted octanol–water partition coefficient (Wildman–Crippen LogP) is 2.74. The first-order chi connectivity index (χ1) is 16.0. The highest BCUT2D eigenvalue weighted by atomic mass is 16.1. The lowest BCUT2D eigenvalue weighted by atomic mass is 10.0. The number of rotatable bonds is 5. The number of carbonyl (C=O) groups is 1. The number of hydrogen-bond donors (Lipinski definition) is 0. The molecule has 0 aromatic carbocycles. The molecule has 33 heavy (non-hydrogen) atoms. The molecule has 4 aromatic heterocycles. The van der Waals surface area contributed by atoms with Crippen LogP contribution in [-0.2, 0) is 13.5 Å². The molecule has 0 aliphatic carbocycles. The highest BCUT2D eigenvalue weighted by molar-refractivity contribution is 5.98. The molecule has 6 rings (SSSR count). The molecule has 2 aliphatic heterocycles. The lowest BCUT2D eigenvalue weighted by molar-refractivity contribution is 0.0992. The molecule has 0 N–H and O–H groups in total. The molecule has 2 fully saturated rings. The molecule has 4 aromatic rings. The second-order valence-corrected chi connectivity index (χ2v) is 9.13. The summed E-state index contributed by atoms with van der Waals surface area (Å²) in [6, 6.07) is 8.82. The fourth-order valence-corrected chi connectivity index (χ4v) is 5.05. The van der Waals surface area contributed by atoms with Crippen LogP contribution in [0.5, 0.6) is 0 Å². The van der Waals surface area contributed by atoms with Crippen molar-refractivity contribution in [3.8, 4) is 11.3 Å². The van der Waals surface area contributed by atoms with Gasteiger partial charge >= 0.3 is 0 Å². The van der Waals surface area contributed by atoms with E-state index in [1.54, 1.807) is 29.3 Å². The fourth-order valence-electron chi connectivity index (χ4n) is 5.05. The van der Waals surface area contributed by atoms with Gasteiger partial charge in [0.05, 0.1) is 18.3 Å². The van der Waals surface area contributed by atoms with Crippen LogP contribution in [0.1, 0.15) is 22.5 Å². The Morgan fingerprint density at radius 1 is 1.00 bits per heavy atom. The Morgan fingerprint density at radius 2 is 1.88 bits per heavy atom. The van der Waals surface area contributed by atoms with Gasteiger partial charge in [-0.25, -0.2) is 4.98 Å². The van der Waals surface area contributed by atoms with Crippen molar-refractivity contribution in [2.75, 3.05) is 25.0 Å². The lowest BCUT2D eigenvalue weighted by Crippen LogP contribution is -2.44. The molecule has 0 saturated carbocycles. The van der Waals surface area contributed by atoms with E-state index < -0.39 is 0 Å². The van der Waals surface area contributed by atoms with Crippen molar-refractivity contribution in [3.63, 3.8) is 0 Å². The Morgan fingerprint density at radius 3 is 2.64 bits per heavy atom. The van der Waals surface area contributed by atoms with Crippen molar-refractivity contribution in [3.05, 3.63) is 66.5 Å². The minimum atomic E-state index is 0.0495. The maximum Gasteiger partial charge on any atom is 0.169 e. The molecule has 8 heteroatoms. The van der Waals surface area contributed by atoms with Gasteiger partial charge in [-0.1, -0.05) is 0 Å². The van der Waals surface area contributed by atoms with Crippen molar-refractivity contribution in [2.45, 2.75) is 24.9 Å². The average molecular weight is 440 g/mol. The molecule has 2 unspecified atom stereocenters. The predicted molar refractivity (Wildman–Crippen MR) is 126 cm³/mol. The summed E-state index contributed by atoms with van der Waals surface area (Å²) in [4.78, 5) is 31.5. The summed E-state index contributed by atoms with van der Waals surface area (Å²) in [6.45, 7) is 2.03. The molecular weight excluding hydrogens is 414 g/mol. The molecular formula is C25H25N7O. The van der Waals surface area contributed by atoms with E-state index >= 15 is 0 Å². The van der Waals surface area contributed by atoms with Gasteiger partial charge in [0.25, 0.3) is 0 Å². The summed E-state index contributed by atoms with van der Waals surface area (Å²) in [6.07, 6.45) is 10.5. The summed E-state index contributed by atoms with van der Waals surface area (Å²) in [5.41, 5.74) is 3.24. The minimum absolute atomic E-state index is 0.0495. The van der Waals surface area contributed by atoms with E-state index in [4.69, 9.17) is 0 Å². The summed E-state index contributed by atoms with van der Waals surface area (Å²) in [5, 5.41) is 6.18. The van der Waals surface area contributed by atoms with Gasteiger partial charge in [0.2, 0.25) is 0 Å². The van der Waals surface area contributed by atoms with Crippen LogP contribution >= 0.6 is 0 Å². The van der Waals surface area contributed by atoms with Gasteiger partial charge in [-0.15, -0.1) is 0 Å². The molecule has 2 bridgehead atoms. The van der Waals surface area contributed by atoms with Gasteiger partial charge in [0, 0.05) is 79.2 Å². The number of Topliss-reactive ketones (excluding diaryl/α,β-unsaturated/α-hetero) is 1. The standard InChI is InChI=1S/C25H25N7O/c1-30-14-22-9-21(30)15-32(22)25-7-16(3-4-26-25)24(33)8-20-5-17-6-23(19-12-29-31(2)13-19)28-11-18(17)10-27-20/h3-7,10-13,21-22H,8-9,14-15H2,1-2H3. The number of anilines is 1. The largest absolute Gasteiger partial charge is 0.351 e. The Balaban J connectivity index is 1.23. The number of ketones is 1. The summed E-state index contributed by atoms with van der Waals surface area (Å²) in [7, 11) is 4.07. The molecule has 2 aliphatic rings.